The summed E-state index contributed by atoms with van der Waals surface area (Å²) in [7, 11) is 0. The van der Waals surface area contributed by atoms with Crippen LogP contribution in [0.4, 0.5) is 5.69 Å². The Morgan fingerprint density at radius 2 is 2.20 bits per heavy atom. The molecule has 1 saturated carbocycles. The van der Waals surface area contributed by atoms with E-state index in [1.165, 1.54) is 19.3 Å². The van der Waals surface area contributed by atoms with Gasteiger partial charge in [-0.05, 0) is 49.9 Å². The van der Waals surface area contributed by atoms with E-state index in [4.69, 9.17) is 0 Å². The molecule has 1 unspecified atom stereocenters. The molecule has 1 aromatic carbocycles. The van der Waals surface area contributed by atoms with Crippen molar-refractivity contribution < 1.29 is 5.11 Å². The Labute approximate surface area is 91.3 Å². The van der Waals surface area contributed by atoms with E-state index >= 15 is 0 Å². The van der Waals surface area contributed by atoms with Crippen molar-refractivity contribution in [2.24, 2.45) is 5.92 Å². The summed E-state index contributed by atoms with van der Waals surface area (Å²) >= 11 is 0. The zero-order chi connectivity index (χ0) is 10.8. The minimum absolute atomic E-state index is 0.371. The van der Waals surface area contributed by atoms with E-state index in [0.29, 0.717) is 11.8 Å². The van der Waals surface area contributed by atoms with Crippen LogP contribution in [-0.2, 0) is 0 Å². The Bertz CT molecular complexity index is 344. The third kappa shape index (κ3) is 2.88. The van der Waals surface area contributed by atoms with Crippen molar-refractivity contribution >= 4 is 5.69 Å². The lowest BCUT2D eigenvalue weighted by Crippen LogP contribution is -2.15. The van der Waals surface area contributed by atoms with Crippen LogP contribution in [0, 0.1) is 12.8 Å². The summed E-state index contributed by atoms with van der Waals surface area (Å²) in [5.74, 6) is 1.32. The highest BCUT2D eigenvalue weighted by molar-refractivity contribution is 5.50. The van der Waals surface area contributed by atoms with Gasteiger partial charge in [0.25, 0.3) is 0 Å². The molecule has 0 amide bonds. The molecule has 2 heteroatoms. The number of aromatic hydroxyl groups is 1. The first-order valence-electron chi connectivity index (χ1n) is 5.71. The van der Waals surface area contributed by atoms with Crippen molar-refractivity contribution in [3.63, 3.8) is 0 Å². The predicted molar refractivity (Wildman–Crippen MR) is 63.3 cm³/mol. The fourth-order valence-corrected chi connectivity index (χ4v) is 1.94. The minimum atomic E-state index is 0.371. The maximum absolute atomic E-state index is 9.41. The van der Waals surface area contributed by atoms with Gasteiger partial charge in [-0.25, -0.2) is 0 Å². The zero-order valence-electron chi connectivity index (χ0n) is 9.46. The van der Waals surface area contributed by atoms with Gasteiger partial charge in [0.2, 0.25) is 0 Å². The van der Waals surface area contributed by atoms with Gasteiger partial charge < -0.3 is 10.4 Å². The summed E-state index contributed by atoms with van der Waals surface area (Å²) in [5, 5.41) is 12.9. The highest BCUT2D eigenvalue weighted by Gasteiger charge is 2.23. The van der Waals surface area contributed by atoms with E-state index in [9.17, 15) is 5.11 Å². The largest absolute Gasteiger partial charge is 0.508 e. The van der Waals surface area contributed by atoms with Gasteiger partial charge in [0.05, 0.1) is 0 Å². The van der Waals surface area contributed by atoms with Crippen LogP contribution in [0.5, 0.6) is 5.75 Å². The summed E-state index contributed by atoms with van der Waals surface area (Å²) in [5.41, 5.74) is 2.04. The molecular weight excluding hydrogens is 186 g/mol. The van der Waals surface area contributed by atoms with Gasteiger partial charge in [0.15, 0.2) is 0 Å². The number of rotatable bonds is 4. The van der Waals surface area contributed by atoms with Crippen LogP contribution in [-0.4, -0.2) is 11.1 Å². The number of aryl methyl sites for hydroxylation is 1. The highest BCUT2D eigenvalue weighted by Crippen LogP contribution is 2.34. The van der Waals surface area contributed by atoms with Crippen molar-refractivity contribution in [3.05, 3.63) is 23.8 Å². The number of anilines is 1. The second-order valence-corrected chi connectivity index (χ2v) is 4.73. The molecule has 2 rings (SSSR count). The molecule has 0 spiro atoms. The second kappa shape index (κ2) is 4.13. The maximum Gasteiger partial charge on any atom is 0.118 e. The molecule has 82 valence electrons. The number of nitrogens with one attached hydrogen (secondary N) is 1. The van der Waals surface area contributed by atoms with Crippen molar-refractivity contribution in [1.29, 1.82) is 0 Å². The molecule has 0 radical (unpaired) electrons. The molecule has 15 heavy (non-hydrogen) atoms. The Kier molecular flexibility index (Phi) is 2.85. The van der Waals surface area contributed by atoms with Crippen LogP contribution < -0.4 is 5.32 Å². The average Bonchev–Trinajstić information content (AvgIpc) is 2.95. The standard InChI is InChI=1S/C13H19NO/c1-9-7-12(5-6-13(9)15)14-10(2)8-11-3-4-11/h5-7,10-11,14-15H,3-4,8H2,1-2H3. The fraction of sp³-hybridized carbons (Fsp3) is 0.538. The first-order valence-corrected chi connectivity index (χ1v) is 5.71. The van der Waals surface area contributed by atoms with Crippen molar-refractivity contribution in [2.75, 3.05) is 5.32 Å². The molecule has 0 bridgehead atoms. The van der Waals surface area contributed by atoms with Crippen molar-refractivity contribution in [1.82, 2.24) is 0 Å². The predicted octanol–water partition coefficient (Wildman–Crippen LogP) is 3.30. The smallest absolute Gasteiger partial charge is 0.118 e. The first kappa shape index (κ1) is 10.3. The van der Waals surface area contributed by atoms with E-state index in [-0.39, 0.29) is 0 Å². The van der Waals surface area contributed by atoms with E-state index in [2.05, 4.69) is 12.2 Å². The molecule has 2 N–H and O–H groups in total. The van der Waals surface area contributed by atoms with E-state index in [1.54, 1.807) is 6.07 Å². The van der Waals surface area contributed by atoms with Crippen LogP contribution in [0.15, 0.2) is 18.2 Å². The van der Waals surface area contributed by atoms with Crippen molar-refractivity contribution in [3.8, 4) is 5.75 Å². The highest BCUT2D eigenvalue weighted by atomic mass is 16.3. The van der Waals surface area contributed by atoms with Crippen LogP contribution in [0.2, 0.25) is 0 Å². The molecule has 1 aliphatic rings. The molecular formula is C13H19NO. The summed E-state index contributed by atoms with van der Waals surface area (Å²) in [4.78, 5) is 0. The maximum atomic E-state index is 9.41. The summed E-state index contributed by atoms with van der Waals surface area (Å²) in [6.07, 6.45) is 4.07. The van der Waals surface area contributed by atoms with Gasteiger partial charge in [-0.3, -0.25) is 0 Å². The van der Waals surface area contributed by atoms with Gasteiger partial charge in [0.1, 0.15) is 5.75 Å². The molecule has 1 fully saturated rings. The normalized spacial score (nSPS) is 17.5. The zero-order valence-corrected chi connectivity index (χ0v) is 9.46. The lowest BCUT2D eigenvalue weighted by Gasteiger charge is -2.15. The molecule has 1 aromatic rings. The molecule has 2 nitrogen and oxygen atoms in total. The Morgan fingerprint density at radius 1 is 1.47 bits per heavy atom. The minimum Gasteiger partial charge on any atom is -0.508 e. The number of benzene rings is 1. The third-order valence-electron chi connectivity index (χ3n) is 2.99. The first-order chi connectivity index (χ1) is 7.15. The Balaban J connectivity index is 1.93. The molecule has 0 aromatic heterocycles. The topological polar surface area (TPSA) is 32.3 Å². The van der Waals surface area contributed by atoms with Crippen LogP contribution in [0.25, 0.3) is 0 Å². The third-order valence-corrected chi connectivity index (χ3v) is 2.99. The molecule has 1 aliphatic carbocycles. The van der Waals surface area contributed by atoms with Gasteiger partial charge in [-0.1, -0.05) is 12.8 Å². The monoisotopic (exact) mass is 205 g/mol. The summed E-state index contributed by atoms with van der Waals surface area (Å²) < 4.78 is 0. The van der Waals surface area contributed by atoms with E-state index < -0.39 is 0 Å². The quantitative estimate of drug-likeness (QED) is 0.739. The summed E-state index contributed by atoms with van der Waals surface area (Å²) in [6, 6.07) is 6.22. The molecule has 0 heterocycles. The van der Waals surface area contributed by atoms with E-state index in [1.807, 2.05) is 19.1 Å². The second-order valence-electron chi connectivity index (χ2n) is 4.73. The molecule has 0 aliphatic heterocycles. The Hall–Kier alpha value is -1.18. The fourth-order valence-electron chi connectivity index (χ4n) is 1.94. The van der Waals surface area contributed by atoms with Crippen molar-refractivity contribution in [2.45, 2.75) is 39.2 Å². The van der Waals surface area contributed by atoms with E-state index in [0.717, 1.165) is 17.2 Å². The SMILES string of the molecule is Cc1cc(NC(C)CC2CC2)ccc1O. The van der Waals surface area contributed by atoms with Crippen LogP contribution >= 0.6 is 0 Å². The Morgan fingerprint density at radius 3 is 2.80 bits per heavy atom. The number of hydrogen-bond donors (Lipinski definition) is 2. The van der Waals surface area contributed by atoms with Gasteiger partial charge >= 0.3 is 0 Å². The number of phenols is 1. The number of hydrogen-bond acceptors (Lipinski definition) is 2. The molecule has 1 atom stereocenters. The van der Waals surface area contributed by atoms with Gasteiger partial charge in [0, 0.05) is 11.7 Å². The van der Waals surface area contributed by atoms with Crippen LogP contribution in [0.1, 0.15) is 31.7 Å². The summed E-state index contributed by atoms with van der Waals surface area (Å²) in [6.45, 7) is 4.15. The van der Waals surface area contributed by atoms with Crippen LogP contribution in [0.3, 0.4) is 0 Å². The van der Waals surface area contributed by atoms with Gasteiger partial charge in [-0.2, -0.15) is 0 Å². The lowest BCUT2D eigenvalue weighted by molar-refractivity contribution is 0.471. The average molecular weight is 205 g/mol. The number of phenolic OH excluding ortho intramolecular Hbond substituents is 1. The van der Waals surface area contributed by atoms with Gasteiger partial charge in [-0.15, -0.1) is 0 Å². The molecule has 0 saturated heterocycles. The lowest BCUT2D eigenvalue weighted by atomic mass is 10.1.